The Balaban J connectivity index is 1.86. The molecule has 0 saturated carbocycles. The Morgan fingerprint density at radius 3 is 2.03 bits per heavy atom. The molecule has 1 aromatic heterocycles. The number of anilines is 1. The topological polar surface area (TPSA) is 51.7 Å². The zero-order valence-corrected chi connectivity index (χ0v) is 23.8. The SMILES string of the molecule is C[C@@H]1CN(c2c(CO[Si](c3ccccc3)(c3ccccc3)C(C)(C)C)nc(C=O)c(F)c2Cl)C[C@H](C)O1. The summed E-state index contributed by atoms with van der Waals surface area (Å²) in [6.45, 7) is 11.6. The number of aldehydes is 1. The van der Waals surface area contributed by atoms with Gasteiger partial charge in [0.1, 0.15) is 10.7 Å². The summed E-state index contributed by atoms with van der Waals surface area (Å²) < 4.78 is 28.0. The Labute approximate surface area is 224 Å². The molecule has 0 spiro atoms. The number of benzene rings is 2. The number of nitrogens with zero attached hydrogens (tertiary/aromatic N) is 2. The van der Waals surface area contributed by atoms with Crippen LogP contribution in [0, 0.1) is 5.82 Å². The van der Waals surface area contributed by atoms with Gasteiger partial charge in [-0.25, -0.2) is 9.37 Å². The van der Waals surface area contributed by atoms with Crippen molar-refractivity contribution in [2.75, 3.05) is 18.0 Å². The van der Waals surface area contributed by atoms with Gasteiger partial charge in [0, 0.05) is 13.1 Å². The molecule has 0 unspecified atom stereocenters. The normalized spacial score (nSPS) is 18.6. The lowest BCUT2D eigenvalue weighted by Crippen LogP contribution is -2.66. The Morgan fingerprint density at radius 2 is 1.57 bits per heavy atom. The van der Waals surface area contributed by atoms with Crippen molar-refractivity contribution in [2.45, 2.75) is 58.5 Å². The third kappa shape index (κ3) is 5.36. The Hall–Kier alpha value is -2.58. The average Bonchev–Trinajstić information content (AvgIpc) is 2.86. The van der Waals surface area contributed by atoms with Gasteiger partial charge in [0.2, 0.25) is 0 Å². The number of morpholine rings is 1. The second kappa shape index (κ2) is 11.0. The zero-order chi connectivity index (χ0) is 26.8. The van der Waals surface area contributed by atoms with E-state index in [0.717, 1.165) is 10.4 Å². The zero-order valence-electron chi connectivity index (χ0n) is 22.0. The highest BCUT2D eigenvalue weighted by Crippen LogP contribution is 2.39. The van der Waals surface area contributed by atoms with Gasteiger partial charge >= 0.3 is 0 Å². The predicted octanol–water partition coefficient (Wildman–Crippen LogP) is 5.38. The number of rotatable bonds is 7. The van der Waals surface area contributed by atoms with Gasteiger partial charge in [0.25, 0.3) is 8.32 Å². The van der Waals surface area contributed by atoms with E-state index in [1.807, 2.05) is 55.1 Å². The van der Waals surface area contributed by atoms with E-state index in [-0.39, 0.29) is 34.6 Å². The number of aromatic nitrogens is 1. The lowest BCUT2D eigenvalue weighted by Gasteiger charge is -2.43. The van der Waals surface area contributed by atoms with Crippen LogP contribution >= 0.6 is 11.6 Å². The minimum absolute atomic E-state index is 0.0703. The standard InChI is InChI=1S/C29H34ClFN2O3Si/c1-20-16-33(17-21(2)36-20)28-25(32-24(18-34)27(31)26(28)30)19-35-37(29(3,4)5,22-12-8-6-9-13-22)23-14-10-7-11-15-23/h6-15,18,20-21H,16-17,19H2,1-5H3/t20-,21+. The summed E-state index contributed by atoms with van der Waals surface area (Å²) in [5, 5.41) is 1.87. The molecule has 2 atom stereocenters. The molecule has 0 bridgehead atoms. The molecule has 2 heterocycles. The van der Waals surface area contributed by atoms with Gasteiger partial charge in [-0.2, -0.15) is 0 Å². The largest absolute Gasteiger partial charge is 0.401 e. The fourth-order valence-electron chi connectivity index (χ4n) is 5.39. The van der Waals surface area contributed by atoms with E-state index in [9.17, 15) is 4.79 Å². The lowest BCUT2D eigenvalue weighted by molar-refractivity contribution is -0.00535. The molecule has 196 valence electrons. The molecule has 1 saturated heterocycles. The summed E-state index contributed by atoms with van der Waals surface area (Å²) in [4.78, 5) is 18.1. The van der Waals surface area contributed by atoms with Crippen LogP contribution in [0.3, 0.4) is 0 Å². The van der Waals surface area contributed by atoms with Gasteiger partial charge in [0.15, 0.2) is 12.1 Å². The highest BCUT2D eigenvalue weighted by atomic mass is 35.5. The number of hydrogen-bond acceptors (Lipinski definition) is 5. The number of ether oxygens (including phenoxy) is 1. The molecule has 0 radical (unpaired) electrons. The Morgan fingerprint density at radius 1 is 1.05 bits per heavy atom. The summed E-state index contributed by atoms with van der Waals surface area (Å²) >= 11 is 6.58. The van der Waals surface area contributed by atoms with Crippen molar-refractivity contribution in [3.05, 3.63) is 82.9 Å². The van der Waals surface area contributed by atoms with Crippen LogP contribution in [0.2, 0.25) is 10.1 Å². The Bertz CT molecular complexity index is 1190. The third-order valence-electron chi connectivity index (χ3n) is 6.84. The van der Waals surface area contributed by atoms with E-state index in [0.29, 0.717) is 30.8 Å². The van der Waals surface area contributed by atoms with Crippen LogP contribution in [0.25, 0.3) is 0 Å². The molecule has 0 N–H and O–H groups in total. The van der Waals surface area contributed by atoms with Crippen molar-refractivity contribution in [3.8, 4) is 0 Å². The van der Waals surface area contributed by atoms with E-state index in [2.05, 4.69) is 50.0 Å². The molecule has 1 aliphatic heterocycles. The first kappa shape index (κ1) is 27.5. The molecular weight excluding hydrogens is 507 g/mol. The van der Waals surface area contributed by atoms with Gasteiger partial charge in [-0.3, -0.25) is 4.79 Å². The molecule has 0 amide bonds. The molecule has 0 aliphatic carbocycles. The van der Waals surface area contributed by atoms with E-state index >= 15 is 4.39 Å². The van der Waals surface area contributed by atoms with Crippen LogP contribution in [-0.2, 0) is 15.8 Å². The minimum atomic E-state index is -2.90. The van der Waals surface area contributed by atoms with Crippen molar-refractivity contribution >= 4 is 42.3 Å². The van der Waals surface area contributed by atoms with Crippen molar-refractivity contribution in [2.24, 2.45) is 0 Å². The molecule has 4 rings (SSSR count). The molecule has 2 aromatic carbocycles. The summed E-state index contributed by atoms with van der Waals surface area (Å²) in [5.74, 6) is -0.812. The first-order chi connectivity index (χ1) is 17.6. The Kier molecular flexibility index (Phi) is 8.19. The number of carbonyl (C=O) groups is 1. The van der Waals surface area contributed by atoms with Gasteiger partial charge in [-0.15, -0.1) is 0 Å². The van der Waals surface area contributed by atoms with E-state index < -0.39 is 14.1 Å². The predicted molar refractivity (Wildman–Crippen MR) is 149 cm³/mol. The summed E-state index contributed by atoms with van der Waals surface area (Å²) in [5.41, 5.74) is 0.594. The number of halogens is 2. The van der Waals surface area contributed by atoms with Gasteiger partial charge in [-0.05, 0) is 29.3 Å². The first-order valence-corrected chi connectivity index (χ1v) is 14.9. The molecular formula is C29H34ClFN2O3Si. The maximum Gasteiger partial charge on any atom is 0.261 e. The highest BCUT2D eigenvalue weighted by Gasteiger charge is 2.50. The first-order valence-electron chi connectivity index (χ1n) is 12.6. The van der Waals surface area contributed by atoms with Crippen LogP contribution in [0.4, 0.5) is 10.1 Å². The van der Waals surface area contributed by atoms with Crippen LogP contribution < -0.4 is 15.3 Å². The quantitative estimate of drug-likeness (QED) is 0.297. The van der Waals surface area contributed by atoms with Crippen LogP contribution in [0.1, 0.15) is 50.8 Å². The minimum Gasteiger partial charge on any atom is -0.401 e. The number of carbonyl (C=O) groups excluding carboxylic acids is 1. The monoisotopic (exact) mass is 540 g/mol. The summed E-state index contributed by atoms with van der Waals surface area (Å²) in [6, 6.07) is 20.5. The van der Waals surface area contributed by atoms with Crippen molar-refractivity contribution in [1.29, 1.82) is 0 Å². The van der Waals surface area contributed by atoms with E-state index in [4.69, 9.17) is 20.8 Å². The molecule has 3 aromatic rings. The van der Waals surface area contributed by atoms with Crippen molar-refractivity contribution in [3.63, 3.8) is 0 Å². The molecule has 5 nitrogen and oxygen atoms in total. The fraction of sp³-hybridized carbons (Fsp3) is 0.379. The average molecular weight is 541 g/mol. The molecule has 1 aliphatic rings. The molecule has 1 fully saturated rings. The summed E-state index contributed by atoms with van der Waals surface area (Å²) in [7, 11) is -2.90. The maximum atomic E-state index is 15.1. The molecule has 8 heteroatoms. The van der Waals surface area contributed by atoms with Gasteiger partial charge < -0.3 is 14.1 Å². The van der Waals surface area contributed by atoms with Gasteiger partial charge in [-0.1, -0.05) is 93.0 Å². The fourth-order valence-corrected chi connectivity index (χ4v) is 10.2. The molecule has 37 heavy (non-hydrogen) atoms. The summed E-state index contributed by atoms with van der Waals surface area (Å²) in [6.07, 6.45) is 0.264. The van der Waals surface area contributed by atoms with Crippen LogP contribution in [-0.4, -0.2) is 44.9 Å². The van der Waals surface area contributed by atoms with Crippen LogP contribution in [0.5, 0.6) is 0 Å². The van der Waals surface area contributed by atoms with Crippen LogP contribution in [0.15, 0.2) is 60.7 Å². The number of pyridine rings is 1. The van der Waals surface area contributed by atoms with E-state index in [1.165, 1.54) is 0 Å². The smallest absolute Gasteiger partial charge is 0.261 e. The second-order valence-corrected chi connectivity index (χ2v) is 15.3. The highest BCUT2D eigenvalue weighted by molar-refractivity contribution is 6.99. The maximum absolute atomic E-state index is 15.1. The third-order valence-corrected chi connectivity index (χ3v) is 12.2. The van der Waals surface area contributed by atoms with E-state index in [1.54, 1.807) is 0 Å². The lowest BCUT2D eigenvalue weighted by atomic mass is 10.1. The van der Waals surface area contributed by atoms with Crippen molar-refractivity contribution in [1.82, 2.24) is 4.98 Å². The van der Waals surface area contributed by atoms with Crippen molar-refractivity contribution < 1.29 is 18.3 Å². The van der Waals surface area contributed by atoms with Gasteiger partial charge in [0.05, 0.1) is 30.2 Å². The second-order valence-electron chi connectivity index (χ2n) is 10.7. The number of hydrogen-bond donors (Lipinski definition) is 0.